The van der Waals surface area contributed by atoms with Gasteiger partial charge in [-0.1, -0.05) is 12.0 Å². The number of ether oxygens (including phenoxy) is 1. The molecule has 1 saturated heterocycles. The van der Waals surface area contributed by atoms with E-state index in [4.69, 9.17) is 4.74 Å². The van der Waals surface area contributed by atoms with Crippen molar-refractivity contribution in [2.24, 2.45) is 0 Å². The molecule has 0 unspecified atom stereocenters. The molecule has 5 rings (SSSR count). The van der Waals surface area contributed by atoms with E-state index >= 15 is 0 Å². The Morgan fingerprint density at radius 2 is 2.05 bits per heavy atom. The van der Waals surface area contributed by atoms with Gasteiger partial charge in [0.25, 0.3) is 0 Å². The van der Waals surface area contributed by atoms with Crippen molar-refractivity contribution in [3.63, 3.8) is 0 Å². The van der Waals surface area contributed by atoms with Crippen molar-refractivity contribution in [2.75, 3.05) is 44.4 Å². The number of hydrogen-bond donors (Lipinski definition) is 3. The van der Waals surface area contributed by atoms with E-state index < -0.39 is 24.9 Å². The lowest BCUT2D eigenvalue weighted by molar-refractivity contribution is -0.140. The van der Waals surface area contributed by atoms with Crippen LogP contribution >= 0.6 is 0 Å². The number of hydrogen-bond acceptors (Lipinski definition) is 5. The van der Waals surface area contributed by atoms with E-state index in [9.17, 15) is 17.6 Å². The van der Waals surface area contributed by atoms with Gasteiger partial charge in [0.05, 0.1) is 48.3 Å². The normalized spacial score (nSPS) is 18.4. The molecule has 200 valence electrons. The lowest BCUT2D eigenvalue weighted by Crippen LogP contribution is -2.46. The zero-order chi connectivity index (χ0) is 26.9. The molecule has 0 amide bonds. The van der Waals surface area contributed by atoms with Crippen molar-refractivity contribution < 1.29 is 22.3 Å². The standard InChI is InChI=1S/C27H28F4N6O/c1-36-10-8-22(20(28)15-36)34-21-6-3-7-25-19(21)12-18(37(25)16-27(29,30)31)5-4-9-32-24-13-23-17(14-33-35-23)11-26(24)38-2/h3,6-7,11-14,20,22,32,34H,8-10,15-16H2,1-2H3,(H,33,35)/t20-,22+/m0/s1. The van der Waals surface area contributed by atoms with Crippen LogP contribution in [0.25, 0.3) is 21.8 Å². The number of methoxy groups -OCH3 is 1. The van der Waals surface area contributed by atoms with E-state index in [0.717, 1.165) is 22.0 Å². The summed E-state index contributed by atoms with van der Waals surface area (Å²) in [4.78, 5) is 1.92. The molecule has 0 spiro atoms. The molecule has 1 aliphatic heterocycles. The predicted octanol–water partition coefficient (Wildman–Crippen LogP) is 5.01. The second kappa shape index (κ2) is 10.5. The molecule has 2 aromatic carbocycles. The molecule has 0 bridgehead atoms. The molecule has 1 fully saturated rings. The van der Waals surface area contributed by atoms with Gasteiger partial charge in [0, 0.05) is 29.5 Å². The van der Waals surface area contributed by atoms with Gasteiger partial charge in [0.2, 0.25) is 0 Å². The number of halogens is 4. The van der Waals surface area contributed by atoms with E-state index in [1.165, 1.54) is 0 Å². The van der Waals surface area contributed by atoms with Gasteiger partial charge < -0.3 is 24.8 Å². The van der Waals surface area contributed by atoms with Crippen molar-refractivity contribution in [1.82, 2.24) is 19.7 Å². The fourth-order valence-corrected chi connectivity index (χ4v) is 4.83. The smallest absolute Gasteiger partial charge is 0.406 e. The van der Waals surface area contributed by atoms with Crippen LogP contribution in [0.1, 0.15) is 12.1 Å². The molecule has 3 N–H and O–H groups in total. The Hall–Kier alpha value is -3.91. The van der Waals surface area contributed by atoms with Gasteiger partial charge in [-0.25, -0.2) is 4.39 Å². The van der Waals surface area contributed by atoms with Gasteiger partial charge >= 0.3 is 6.18 Å². The Bertz CT molecular complexity index is 1500. The van der Waals surface area contributed by atoms with Gasteiger partial charge in [-0.3, -0.25) is 5.10 Å². The van der Waals surface area contributed by atoms with Crippen molar-refractivity contribution in [3.05, 3.63) is 48.3 Å². The number of aromatic nitrogens is 3. The highest BCUT2D eigenvalue weighted by atomic mass is 19.4. The molecular formula is C27H28F4N6O. The fourth-order valence-electron chi connectivity index (χ4n) is 4.83. The summed E-state index contributed by atoms with van der Waals surface area (Å²) in [5, 5.41) is 14.7. The molecule has 7 nitrogen and oxygen atoms in total. The van der Waals surface area contributed by atoms with E-state index in [2.05, 4.69) is 32.7 Å². The number of rotatable bonds is 6. The topological polar surface area (TPSA) is 70.1 Å². The second-order valence-corrected chi connectivity index (χ2v) is 9.45. The maximum Gasteiger partial charge on any atom is 0.406 e. The molecule has 4 aromatic rings. The molecular weight excluding hydrogens is 500 g/mol. The Kier molecular flexibility index (Phi) is 7.08. The van der Waals surface area contributed by atoms with E-state index in [1.807, 2.05) is 24.1 Å². The summed E-state index contributed by atoms with van der Waals surface area (Å²) in [6, 6.07) is 9.96. The van der Waals surface area contributed by atoms with Crippen molar-refractivity contribution in [2.45, 2.75) is 31.4 Å². The third-order valence-corrected chi connectivity index (χ3v) is 6.71. The highest BCUT2D eigenvalue weighted by molar-refractivity contribution is 5.94. The maximum atomic E-state index is 14.7. The van der Waals surface area contributed by atoms with Crippen LogP contribution in [0.2, 0.25) is 0 Å². The minimum Gasteiger partial charge on any atom is -0.495 e. The van der Waals surface area contributed by atoms with E-state index in [1.54, 1.807) is 37.6 Å². The number of likely N-dealkylation sites (tertiary alicyclic amines) is 1. The Morgan fingerprint density at radius 1 is 1.21 bits per heavy atom. The first kappa shape index (κ1) is 25.7. The molecule has 0 radical (unpaired) electrons. The lowest BCUT2D eigenvalue weighted by atomic mass is 10.0. The molecule has 38 heavy (non-hydrogen) atoms. The Balaban J connectivity index is 1.42. The molecule has 0 saturated carbocycles. The first-order valence-electron chi connectivity index (χ1n) is 12.2. The number of nitrogens with zero attached hydrogens (tertiary/aromatic N) is 3. The van der Waals surface area contributed by atoms with Crippen LogP contribution in [0.5, 0.6) is 5.75 Å². The number of alkyl halides is 4. The molecule has 0 aliphatic carbocycles. The third-order valence-electron chi connectivity index (χ3n) is 6.71. The largest absolute Gasteiger partial charge is 0.495 e. The van der Waals surface area contributed by atoms with Crippen LogP contribution in [0, 0.1) is 11.8 Å². The van der Waals surface area contributed by atoms with Crippen LogP contribution in [-0.4, -0.2) is 71.8 Å². The van der Waals surface area contributed by atoms with Crippen LogP contribution in [0.3, 0.4) is 0 Å². The minimum absolute atomic E-state index is 0.174. The second-order valence-electron chi connectivity index (χ2n) is 9.45. The summed E-state index contributed by atoms with van der Waals surface area (Å²) in [6.45, 7) is 0.0466. The van der Waals surface area contributed by atoms with Crippen LogP contribution in [0.15, 0.2) is 42.6 Å². The molecule has 11 heteroatoms. The summed E-state index contributed by atoms with van der Waals surface area (Å²) in [5.41, 5.74) is 2.70. The first-order valence-corrected chi connectivity index (χ1v) is 12.2. The predicted molar refractivity (Wildman–Crippen MR) is 140 cm³/mol. The van der Waals surface area contributed by atoms with Crippen molar-refractivity contribution in [1.29, 1.82) is 0 Å². The summed E-state index contributed by atoms with van der Waals surface area (Å²) in [5.74, 6) is 6.42. The number of aromatic amines is 1. The van der Waals surface area contributed by atoms with Crippen molar-refractivity contribution in [3.8, 4) is 17.6 Å². The third kappa shape index (κ3) is 5.50. The zero-order valence-electron chi connectivity index (χ0n) is 21.0. The quantitative estimate of drug-likeness (QED) is 0.243. The number of fused-ring (bicyclic) bond motifs is 2. The highest BCUT2D eigenvalue weighted by Crippen LogP contribution is 2.32. The number of piperidine rings is 1. The minimum atomic E-state index is -4.44. The van der Waals surface area contributed by atoms with E-state index in [0.29, 0.717) is 41.0 Å². The van der Waals surface area contributed by atoms with Gasteiger partial charge in [0.1, 0.15) is 18.5 Å². The van der Waals surface area contributed by atoms with Gasteiger partial charge in [-0.05, 0) is 49.7 Å². The highest BCUT2D eigenvalue weighted by Gasteiger charge is 2.31. The van der Waals surface area contributed by atoms with Crippen molar-refractivity contribution >= 4 is 33.2 Å². The zero-order valence-corrected chi connectivity index (χ0v) is 21.0. The molecule has 2 atom stereocenters. The first-order chi connectivity index (χ1) is 18.2. The van der Waals surface area contributed by atoms with Gasteiger partial charge in [-0.2, -0.15) is 18.3 Å². The van der Waals surface area contributed by atoms with E-state index in [-0.39, 0.29) is 12.2 Å². The summed E-state index contributed by atoms with van der Waals surface area (Å²) >= 11 is 0. The number of benzene rings is 2. The lowest BCUT2D eigenvalue weighted by Gasteiger charge is -2.33. The summed E-state index contributed by atoms with van der Waals surface area (Å²) < 4.78 is 61.8. The Morgan fingerprint density at radius 3 is 2.82 bits per heavy atom. The average Bonchev–Trinajstić information content (AvgIpc) is 3.46. The van der Waals surface area contributed by atoms with Gasteiger partial charge in [0.15, 0.2) is 0 Å². The number of anilines is 2. The molecule has 1 aliphatic rings. The molecule has 2 aromatic heterocycles. The summed E-state index contributed by atoms with van der Waals surface area (Å²) in [7, 11) is 3.42. The SMILES string of the molecule is COc1cc2cn[nH]c2cc1NCC#Cc1cc2c(N[C@@H]3CCN(C)C[C@@H]3F)cccc2n1CC(F)(F)F. The van der Waals surface area contributed by atoms with Gasteiger partial charge in [-0.15, -0.1) is 0 Å². The maximum absolute atomic E-state index is 14.7. The Labute approximate surface area is 217 Å². The fraction of sp³-hybridized carbons (Fsp3) is 0.370. The van der Waals surface area contributed by atoms with Crippen LogP contribution in [-0.2, 0) is 6.54 Å². The van der Waals surface area contributed by atoms with Crippen LogP contribution < -0.4 is 15.4 Å². The van der Waals surface area contributed by atoms with Crippen LogP contribution in [0.4, 0.5) is 28.9 Å². The number of nitrogens with one attached hydrogen (secondary N) is 3. The summed E-state index contributed by atoms with van der Waals surface area (Å²) in [6.07, 6.45) is -3.23. The molecule has 3 heterocycles. The average molecular weight is 529 g/mol. The number of H-pyrrole nitrogens is 1. The monoisotopic (exact) mass is 528 g/mol.